The first kappa shape index (κ1) is 32.4. The van der Waals surface area contributed by atoms with Gasteiger partial charge in [-0.3, -0.25) is 9.58 Å². The van der Waals surface area contributed by atoms with Crippen LogP contribution in [0.4, 0.5) is 11.6 Å². The van der Waals surface area contributed by atoms with Gasteiger partial charge >= 0.3 is 0 Å². The molecule has 48 heavy (non-hydrogen) atoms. The summed E-state index contributed by atoms with van der Waals surface area (Å²) in [7, 11) is 0. The molecule has 1 aliphatic heterocycles. The molecular weight excluding hydrogens is 612 g/mol. The summed E-state index contributed by atoms with van der Waals surface area (Å²) in [6, 6.07) is 7.00. The number of nitrogens with one attached hydrogen (secondary N) is 1. The van der Waals surface area contributed by atoms with Gasteiger partial charge in [-0.2, -0.15) is 0 Å². The zero-order chi connectivity index (χ0) is 32.9. The zero-order valence-electron chi connectivity index (χ0n) is 27.9. The van der Waals surface area contributed by atoms with E-state index in [1.807, 2.05) is 42.9 Å². The molecule has 14 nitrogen and oxygen atoms in total. The summed E-state index contributed by atoms with van der Waals surface area (Å²) in [4.78, 5) is 11.9. The summed E-state index contributed by atoms with van der Waals surface area (Å²) < 4.78 is 21.7. The van der Waals surface area contributed by atoms with Crippen LogP contribution >= 0.6 is 0 Å². The Morgan fingerprint density at radius 2 is 1.83 bits per heavy atom. The Hall–Kier alpha value is -4.14. The Labute approximate surface area is 280 Å². The normalized spacial score (nSPS) is 21.7. The summed E-state index contributed by atoms with van der Waals surface area (Å²) in [5.74, 6) is 1.75. The lowest BCUT2D eigenvalue weighted by Gasteiger charge is -2.38. The van der Waals surface area contributed by atoms with Crippen molar-refractivity contribution in [2.24, 2.45) is 0 Å². The number of aromatic nitrogens is 8. The number of tetrazole rings is 1. The fourth-order valence-corrected chi connectivity index (χ4v) is 6.91. The van der Waals surface area contributed by atoms with Crippen molar-refractivity contribution in [2.45, 2.75) is 95.5 Å². The molecule has 2 N–H and O–H groups in total. The fourth-order valence-electron chi connectivity index (χ4n) is 6.91. The Morgan fingerprint density at radius 1 is 1.06 bits per heavy atom. The maximum absolute atomic E-state index is 10.6. The number of nitrogens with zero attached hydrogens (tertiary/aromatic N) is 9. The minimum absolute atomic E-state index is 0.126. The minimum Gasteiger partial charge on any atom is -0.488 e. The third-order valence-corrected chi connectivity index (χ3v) is 9.97. The Morgan fingerprint density at radius 3 is 2.54 bits per heavy atom. The van der Waals surface area contributed by atoms with Crippen molar-refractivity contribution in [1.82, 2.24) is 44.9 Å². The van der Waals surface area contributed by atoms with Gasteiger partial charge in [0.25, 0.3) is 5.88 Å². The highest BCUT2D eigenvalue weighted by molar-refractivity contribution is 5.66. The van der Waals surface area contributed by atoms with Gasteiger partial charge in [0.15, 0.2) is 0 Å². The zero-order valence-corrected chi connectivity index (χ0v) is 27.9. The Bertz CT molecular complexity index is 1610. The van der Waals surface area contributed by atoms with E-state index in [1.54, 1.807) is 23.4 Å². The molecule has 2 aliphatic carbocycles. The molecule has 0 bridgehead atoms. The van der Waals surface area contributed by atoms with Gasteiger partial charge in [-0.15, -0.1) is 10.2 Å². The molecule has 0 radical (unpaired) electrons. The lowest BCUT2D eigenvalue weighted by Crippen LogP contribution is -2.45. The smallest absolute Gasteiger partial charge is 0.256 e. The van der Waals surface area contributed by atoms with Crippen LogP contribution in [0.5, 0.6) is 11.6 Å². The fraction of sp³-hybridized carbons (Fsp3) is 0.588. The van der Waals surface area contributed by atoms with Crippen LogP contribution in [0.15, 0.2) is 43.1 Å². The second-order valence-corrected chi connectivity index (χ2v) is 13.5. The standard InChI is InChI=1S/C34H46N10O4/c1-24-4-5-26(18-31(24)48-25(2)21-43-23-37-40-41-43)27-19-35-33(36-20-27)38-30-22-44(39-32(30)47-15-12-34(45)10-3-11-34)29-8-6-28(7-9-29)42-13-16-46-17-14-42/h4-5,18-20,22-23,25,28-29,45H,3,6-17,21H2,1-2H3,(H,35,36,38)/t25-,28?,29?/m0/s1. The molecule has 3 aromatic heterocycles. The maximum atomic E-state index is 10.6. The predicted octanol–water partition coefficient (Wildman–Crippen LogP) is 4.35. The molecule has 14 heteroatoms. The molecule has 2 saturated carbocycles. The molecule has 256 valence electrons. The van der Waals surface area contributed by atoms with Crippen molar-refractivity contribution in [2.75, 3.05) is 38.2 Å². The van der Waals surface area contributed by atoms with Crippen molar-refractivity contribution in [3.8, 4) is 22.8 Å². The Kier molecular flexibility index (Phi) is 9.82. The molecule has 3 aliphatic rings. The van der Waals surface area contributed by atoms with Crippen molar-refractivity contribution in [1.29, 1.82) is 0 Å². The van der Waals surface area contributed by atoms with Gasteiger partial charge in [0.1, 0.15) is 23.9 Å². The average Bonchev–Trinajstić information content (AvgIpc) is 3.76. The van der Waals surface area contributed by atoms with E-state index < -0.39 is 5.60 Å². The number of hydrogen-bond donors (Lipinski definition) is 2. The molecule has 0 unspecified atom stereocenters. The lowest BCUT2D eigenvalue weighted by atomic mass is 9.78. The van der Waals surface area contributed by atoms with Crippen LogP contribution in [0.1, 0.15) is 69.9 Å². The number of rotatable bonds is 13. The molecule has 4 heterocycles. The van der Waals surface area contributed by atoms with E-state index in [2.05, 4.69) is 35.7 Å². The number of ether oxygens (including phenoxy) is 3. The van der Waals surface area contributed by atoms with Crippen LogP contribution in [-0.2, 0) is 11.3 Å². The number of anilines is 2. The average molecular weight is 659 g/mol. The predicted molar refractivity (Wildman–Crippen MR) is 178 cm³/mol. The highest BCUT2D eigenvalue weighted by Gasteiger charge is 2.34. The van der Waals surface area contributed by atoms with E-state index in [1.165, 1.54) is 0 Å². The van der Waals surface area contributed by atoms with Crippen molar-refractivity contribution >= 4 is 11.6 Å². The van der Waals surface area contributed by atoms with E-state index in [-0.39, 0.29) is 6.10 Å². The van der Waals surface area contributed by atoms with Crippen molar-refractivity contribution in [3.63, 3.8) is 0 Å². The van der Waals surface area contributed by atoms with Gasteiger partial charge in [0.05, 0.1) is 44.2 Å². The van der Waals surface area contributed by atoms with Gasteiger partial charge in [0, 0.05) is 43.5 Å². The van der Waals surface area contributed by atoms with Gasteiger partial charge in [-0.05, 0) is 86.4 Å². The van der Waals surface area contributed by atoms with Crippen LogP contribution < -0.4 is 14.8 Å². The first-order valence-corrected chi connectivity index (χ1v) is 17.2. The topological polar surface area (TPSA) is 150 Å². The van der Waals surface area contributed by atoms with E-state index in [0.29, 0.717) is 43.5 Å². The molecular formula is C34H46N10O4. The van der Waals surface area contributed by atoms with Crippen LogP contribution in [-0.4, -0.2) is 101 Å². The third-order valence-electron chi connectivity index (χ3n) is 9.97. The molecule has 3 fully saturated rings. The van der Waals surface area contributed by atoms with Crippen molar-refractivity contribution < 1.29 is 19.3 Å². The van der Waals surface area contributed by atoms with Crippen LogP contribution in [0.3, 0.4) is 0 Å². The van der Waals surface area contributed by atoms with Gasteiger partial charge < -0.3 is 24.6 Å². The highest BCUT2D eigenvalue weighted by atomic mass is 16.5. The SMILES string of the molecule is Cc1ccc(-c2cnc(Nc3cn(C4CCC(N5CCOCC5)CC4)nc3OCCC3(O)CCC3)nc2)cc1O[C@@H](C)Cn1cnnn1. The molecule has 0 amide bonds. The monoisotopic (exact) mass is 658 g/mol. The molecule has 0 spiro atoms. The first-order chi connectivity index (χ1) is 23.4. The second-order valence-electron chi connectivity index (χ2n) is 13.5. The Balaban J connectivity index is 1.02. The van der Waals surface area contributed by atoms with E-state index in [9.17, 15) is 5.11 Å². The second kappa shape index (κ2) is 14.5. The van der Waals surface area contributed by atoms with Gasteiger partial charge in [0.2, 0.25) is 5.95 Å². The lowest BCUT2D eigenvalue weighted by molar-refractivity contribution is -0.0485. The summed E-state index contributed by atoms with van der Waals surface area (Å²) in [5.41, 5.74) is 2.97. The maximum Gasteiger partial charge on any atom is 0.256 e. The number of hydrogen-bond acceptors (Lipinski definition) is 12. The number of morpholine rings is 1. The van der Waals surface area contributed by atoms with Crippen LogP contribution in [0.2, 0.25) is 0 Å². The summed E-state index contributed by atoms with van der Waals surface area (Å²) in [5, 5.41) is 30.2. The number of aliphatic hydroxyl groups is 1. The van der Waals surface area contributed by atoms with E-state index in [4.69, 9.17) is 19.3 Å². The molecule has 1 saturated heterocycles. The third kappa shape index (κ3) is 7.77. The summed E-state index contributed by atoms with van der Waals surface area (Å²) in [6.07, 6.45) is 14.8. The molecule has 4 aromatic rings. The van der Waals surface area contributed by atoms with Crippen LogP contribution in [0, 0.1) is 6.92 Å². The molecule has 1 atom stereocenters. The number of aryl methyl sites for hydroxylation is 1. The minimum atomic E-state index is -0.610. The first-order valence-electron chi connectivity index (χ1n) is 17.2. The summed E-state index contributed by atoms with van der Waals surface area (Å²) in [6.45, 7) is 8.66. The quantitative estimate of drug-likeness (QED) is 0.210. The van der Waals surface area contributed by atoms with Gasteiger partial charge in [-0.1, -0.05) is 12.1 Å². The highest BCUT2D eigenvalue weighted by Crippen LogP contribution is 2.37. The van der Waals surface area contributed by atoms with Gasteiger partial charge in [-0.25, -0.2) is 14.6 Å². The molecule has 7 rings (SSSR count). The summed E-state index contributed by atoms with van der Waals surface area (Å²) >= 11 is 0. The largest absolute Gasteiger partial charge is 0.488 e. The van der Waals surface area contributed by atoms with Crippen molar-refractivity contribution in [3.05, 3.63) is 48.7 Å². The van der Waals surface area contributed by atoms with E-state index in [0.717, 1.165) is 99.4 Å². The van der Waals surface area contributed by atoms with E-state index >= 15 is 0 Å². The molecule has 1 aromatic carbocycles. The number of benzene rings is 1. The van der Waals surface area contributed by atoms with Crippen LogP contribution in [0.25, 0.3) is 11.1 Å².